The van der Waals surface area contributed by atoms with Crippen molar-refractivity contribution in [2.24, 2.45) is 5.73 Å². The number of amides is 1. The van der Waals surface area contributed by atoms with Gasteiger partial charge in [-0.1, -0.05) is 23.7 Å². The zero-order valence-electron chi connectivity index (χ0n) is 22.5. The maximum atomic E-state index is 15.1. The lowest BCUT2D eigenvalue weighted by molar-refractivity contribution is -0.160. The van der Waals surface area contributed by atoms with E-state index in [-0.39, 0.29) is 29.5 Å². The number of primary amides is 1. The summed E-state index contributed by atoms with van der Waals surface area (Å²) in [7, 11) is 0. The summed E-state index contributed by atoms with van der Waals surface area (Å²) in [6, 6.07) is 11.9. The van der Waals surface area contributed by atoms with E-state index in [1.54, 1.807) is 30.3 Å². The second-order valence-corrected chi connectivity index (χ2v) is 11.2. The van der Waals surface area contributed by atoms with Gasteiger partial charge in [0.1, 0.15) is 23.5 Å². The van der Waals surface area contributed by atoms with E-state index >= 15 is 4.39 Å². The minimum Gasteiger partial charge on any atom is -0.381 e. The first-order valence-electron chi connectivity index (χ1n) is 13.8. The van der Waals surface area contributed by atoms with Crippen LogP contribution in [0, 0.1) is 17.5 Å². The molecule has 0 unspecified atom stereocenters. The van der Waals surface area contributed by atoms with Crippen LogP contribution >= 0.6 is 11.6 Å². The smallest absolute Gasteiger partial charge is 0.240 e. The number of anilines is 1. The summed E-state index contributed by atoms with van der Waals surface area (Å²) in [5.74, 6) is -2.47. The third-order valence-electron chi connectivity index (χ3n) is 7.79. The van der Waals surface area contributed by atoms with E-state index in [1.807, 2.05) is 0 Å². The number of nitrogens with one attached hydrogen (secondary N) is 2. The molecule has 0 bridgehead atoms. The Morgan fingerprint density at radius 1 is 1.10 bits per heavy atom. The van der Waals surface area contributed by atoms with Gasteiger partial charge in [0.15, 0.2) is 0 Å². The number of morpholine rings is 1. The van der Waals surface area contributed by atoms with Gasteiger partial charge in [-0.3, -0.25) is 4.79 Å². The molecular formula is C31H33ClF3N3O3. The van der Waals surface area contributed by atoms with Crippen LogP contribution in [-0.2, 0) is 27.1 Å². The second kappa shape index (κ2) is 12.8. The summed E-state index contributed by atoms with van der Waals surface area (Å²) < 4.78 is 54.7. The van der Waals surface area contributed by atoms with Crippen molar-refractivity contribution < 1.29 is 27.4 Å². The third-order valence-corrected chi connectivity index (χ3v) is 8.12. The van der Waals surface area contributed by atoms with Crippen LogP contribution in [0.3, 0.4) is 0 Å². The van der Waals surface area contributed by atoms with Crippen molar-refractivity contribution in [2.75, 3.05) is 31.6 Å². The number of hydrogen-bond donors (Lipinski definition) is 3. The highest BCUT2D eigenvalue weighted by Crippen LogP contribution is 2.32. The van der Waals surface area contributed by atoms with E-state index in [0.717, 1.165) is 25.5 Å². The Labute approximate surface area is 242 Å². The van der Waals surface area contributed by atoms with Crippen molar-refractivity contribution in [3.8, 4) is 11.1 Å². The van der Waals surface area contributed by atoms with E-state index in [4.69, 9.17) is 26.8 Å². The van der Waals surface area contributed by atoms with Crippen LogP contribution in [0.2, 0.25) is 5.02 Å². The van der Waals surface area contributed by atoms with E-state index < -0.39 is 23.6 Å². The maximum absolute atomic E-state index is 15.1. The normalized spacial score (nSPS) is 19.2. The van der Waals surface area contributed by atoms with Crippen LogP contribution in [0.4, 0.5) is 18.9 Å². The summed E-state index contributed by atoms with van der Waals surface area (Å²) in [6.07, 6.45) is 2.70. The zero-order valence-corrected chi connectivity index (χ0v) is 23.3. The molecule has 10 heteroatoms. The van der Waals surface area contributed by atoms with E-state index in [2.05, 4.69) is 10.6 Å². The molecule has 1 amide bonds. The predicted octanol–water partition coefficient (Wildman–Crippen LogP) is 5.40. The summed E-state index contributed by atoms with van der Waals surface area (Å²) in [6.45, 7) is 2.79. The van der Waals surface area contributed by atoms with Gasteiger partial charge >= 0.3 is 0 Å². The highest BCUT2D eigenvalue weighted by atomic mass is 35.5. The van der Waals surface area contributed by atoms with Crippen molar-refractivity contribution in [3.63, 3.8) is 0 Å². The fraction of sp³-hybridized carbons (Fsp3) is 0.387. The van der Waals surface area contributed by atoms with Gasteiger partial charge in [0.05, 0.1) is 11.7 Å². The Bertz CT molecular complexity index is 1370. The first-order chi connectivity index (χ1) is 19.7. The van der Waals surface area contributed by atoms with Crippen LogP contribution in [-0.4, -0.2) is 50.0 Å². The number of nitrogens with two attached hydrogens (primary N) is 1. The number of hydrogen-bond acceptors (Lipinski definition) is 5. The molecule has 4 N–H and O–H groups in total. The summed E-state index contributed by atoms with van der Waals surface area (Å²) in [4.78, 5) is 12.5. The minimum atomic E-state index is -0.882. The Hall–Kier alpha value is -3.11. The molecule has 0 radical (unpaired) electrons. The average molecular weight is 588 g/mol. The lowest BCUT2D eigenvalue weighted by Crippen LogP contribution is -2.56. The van der Waals surface area contributed by atoms with Crippen LogP contribution in [0.15, 0.2) is 54.6 Å². The molecule has 218 valence electrons. The molecule has 2 saturated heterocycles. The van der Waals surface area contributed by atoms with Gasteiger partial charge < -0.3 is 25.8 Å². The molecule has 0 aromatic heterocycles. The fourth-order valence-corrected chi connectivity index (χ4v) is 5.85. The number of carbonyl (C=O) groups is 1. The van der Waals surface area contributed by atoms with Crippen molar-refractivity contribution in [1.82, 2.24) is 5.32 Å². The van der Waals surface area contributed by atoms with E-state index in [0.29, 0.717) is 60.0 Å². The van der Waals surface area contributed by atoms with Crippen molar-refractivity contribution >= 4 is 23.2 Å². The Kier molecular flexibility index (Phi) is 9.19. The molecule has 41 heavy (non-hydrogen) atoms. The predicted molar refractivity (Wildman–Crippen MR) is 152 cm³/mol. The molecule has 3 aromatic rings. The topological polar surface area (TPSA) is 85.6 Å². The summed E-state index contributed by atoms with van der Waals surface area (Å²) >= 11 is 6.33. The lowest BCUT2D eigenvalue weighted by atomic mass is 9.91. The molecule has 2 atom stereocenters. The molecule has 2 heterocycles. The molecule has 5 rings (SSSR count). The molecular weight excluding hydrogens is 555 g/mol. The summed E-state index contributed by atoms with van der Waals surface area (Å²) in [5, 5.41) is 6.89. The standard InChI is InChI=1S/C31H33ClF3N3O3/c32-26-7-4-19(12-25(26)20-14-21(33)16-22(34)15-20)13-29(30(36)39)38-28-3-1-2-27(35)24(28)6-5-23-17-37-18-31(41-23)8-10-40-11-9-31/h1-4,7,12,14-16,23,29,37-38H,5-6,8-11,13,17-18H2,(H2,36,39)/t23-,29+/m1/s1. The fourth-order valence-electron chi connectivity index (χ4n) is 5.63. The monoisotopic (exact) mass is 587 g/mol. The van der Waals surface area contributed by atoms with Crippen molar-refractivity contribution in [2.45, 2.75) is 49.9 Å². The quantitative estimate of drug-likeness (QED) is 0.312. The first kappa shape index (κ1) is 29.4. The van der Waals surface area contributed by atoms with Crippen LogP contribution in [0.5, 0.6) is 0 Å². The van der Waals surface area contributed by atoms with E-state index in [9.17, 15) is 13.6 Å². The zero-order chi connectivity index (χ0) is 29.0. The number of ether oxygens (including phenoxy) is 2. The number of rotatable bonds is 9. The Morgan fingerprint density at radius 2 is 1.85 bits per heavy atom. The van der Waals surface area contributed by atoms with Crippen LogP contribution in [0.25, 0.3) is 11.1 Å². The molecule has 6 nitrogen and oxygen atoms in total. The van der Waals surface area contributed by atoms with Gasteiger partial charge in [-0.05, 0) is 60.4 Å². The van der Waals surface area contributed by atoms with Gasteiger partial charge in [-0.25, -0.2) is 13.2 Å². The average Bonchev–Trinajstić information content (AvgIpc) is 2.93. The van der Waals surface area contributed by atoms with Crippen molar-refractivity contribution in [1.29, 1.82) is 0 Å². The van der Waals surface area contributed by atoms with Gasteiger partial charge in [0, 0.05) is 73.5 Å². The molecule has 2 fully saturated rings. The summed E-state index contributed by atoms with van der Waals surface area (Å²) in [5.41, 5.74) is 7.77. The molecule has 2 aliphatic heterocycles. The molecule has 2 aliphatic rings. The largest absolute Gasteiger partial charge is 0.381 e. The molecule has 3 aromatic carbocycles. The van der Waals surface area contributed by atoms with Crippen LogP contribution < -0.4 is 16.4 Å². The Morgan fingerprint density at radius 3 is 2.59 bits per heavy atom. The van der Waals surface area contributed by atoms with Crippen molar-refractivity contribution in [3.05, 3.63) is 88.2 Å². The number of halogens is 4. The molecule has 1 spiro atoms. The number of benzene rings is 3. The van der Waals surface area contributed by atoms with Gasteiger partial charge in [0.25, 0.3) is 0 Å². The van der Waals surface area contributed by atoms with Crippen LogP contribution in [0.1, 0.15) is 30.4 Å². The highest BCUT2D eigenvalue weighted by Gasteiger charge is 2.38. The minimum absolute atomic E-state index is 0.0820. The van der Waals surface area contributed by atoms with Gasteiger partial charge in [-0.2, -0.15) is 0 Å². The number of carbonyl (C=O) groups excluding carboxylic acids is 1. The van der Waals surface area contributed by atoms with Gasteiger partial charge in [0.2, 0.25) is 5.91 Å². The Balaban J connectivity index is 1.31. The lowest BCUT2D eigenvalue weighted by Gasteiger charge is -2.44. The molecule has 0 aliphatic carbocycles. The SMILES string of the molecule is NC(=O)[C@H](Cc1ccc(Cl)c(-c2cc(F)cc(F)c2)c1)Nc1cccc(F)c1CC[C@@H]1CNCC2(CCOCC2)O1. The maximum Gasteiger partial charge on any atom is 0.240 e. The second-order valence-electron chi connectivity index (χ2n) is 10.7. The highest BCUT2D eigenvalue weighted by molar-refractivity contribution is 6.33. The van der Waals surface area contributed by atoms with E-state index in [1.165, 1.54) is 18.2 Å². The molecule has 0 saturated carbocycles. The van der Waals surface area contributed by atoms with Gasteiger partial charge in [-0.15, -0.1) is 0 Å². The third kappa shape index (κ3) is 7.22. The first-order valence-corrected chi connectivity index (χ1v) is 14.1.